The van der Waals surface area contributed by atoms with Crippen molar-refractivity contribution in [1.29, 1.82) is 0 Å². The lowest BCUT2D eigenvalue weighted by molar-refractivity contribution is 0.479. The van der Waals surface area contributed by atoms with Gasteiger partial charge in [-0.2, -0.15) is 0 Å². The molecule has 0 aliphatic rings. The van der Waals surface area contributed by atoms with E-state index in [2.05, 4.69) is 20.9 Å². The Bertz CT molecular complexity index is 792. The molecule has 0 fully saturated rings. The van der Waals surface area contributed by atoms with Crippen LogP contribution in [0.4, 0.5) is 10.1 Å². The van der Waals surface area contributed by atoms with Crippen molar-refractivity contribution < 1.29 is 9.13 Å². The molecular weight excluding hydrogens is 323 g/mol. The van der Waals surface area contributed by atoms with Gasteiger partial charge in [-0.05, 0) is 46.3 Å². The van der Waals surface area contributed by atoms with Gasteiger partial charge in [-0.15, -0.1) is 0 Å². The maximum absolute atomic E-state index is 13.5. The third-order valence-corrected chi connectivity index (χ3v) is 3.58. The maximum atomic E-state index is 13.5. The summed E-state index contributed by atoms with van der Waals surface area (Å²) in [6, 6.07) is 10.00. The Balaban J connectivity index is 2.02. The van der Waals surface area contributed by atoms with Gasteiger partial charge in [-0.25, -0.2) is 4.39 Å². The van der Waals surface area contributed by atoms with E-state index in [4.69, 9.17) is 10.5 Å². The molecule has 2 aromatic carbocycles. The number of hydrogen-bond donors (Lipinski definition) is 1. The zero-order chi connectivity index (χ0) is 14.1. The SMILES string of the molecule is Nc1c(Oc2ccc(Br)c(F)c2)ccc2cnccc12. The second-order valence-corrected chi connectivity index (χ2v) is 5.11. The zero-order valence-corrected chi connectivity index (χ0v) is 11.9. The van der Waals surface area contributed by atoms with Gasteiger partial charge in [-0.1, -0.05) is 0 Å². The van der Waals surface area contributed by atoms with Crippen molar-refractivity contribution in [2.45, 2.75) is 0 Å². The molecule has 0 aliphatic heterocycles. The van der Waals surface area contributed by atoms with E-state index in [-0.39, 0.29) is 5.82 Å². The molecule has 0 saturated carbocycles. The number of nitrogen functional groups attached to an aromatic ring is 1. The lowest BCUT2D eigenvalue weighted by atomic mass is 10.1. The molecule has 0 bridgehead atoms. The monoisotopic (exact) mass is 332 g/mol. The van der Waals surface area contributed by atoms with E-state index in [1.54, 1.807) is 30.6 Å². The summed E-state index contributed by atoms with van der Waals surface area (Å²) in [6.45, 7) is 0. The average Bonchev–Trinajstić information content (AvgIpc) is 2.46. The normalized spacial score (nSPS) is 10.7. The van der Waals surface area contributed by atoms with Crippen LogP contribution in [0, 0.1) is 5.82 Å². The van der Waals surface area contributed by atoms with Gasteiger partial charge in [0.2, 0.25) is 0 Å². The van der Waals surface area contributed by atoms with Crippen LogP contribution in [-0.2, 0) is 0 Å². The molecule has 0 radical (unpaired) electrons. The summed E-state index contributed by atoms with van der Waals surface area (Å²) in [5, 5.41) is 1.79. The van der Waals surface area contributed by atoms with Crippen LogP contribution in [0.5, 0.6) is 11.5 Å². The summed E-state index contributed by atoms with van der Waals surface area (Å²) in [4.78, 5) is 4.04. The quantitative estimate of drug-likeness (QED) is 0.702. The first-order chi connectivity index (χ1) is 9.65. The Labute approximate surface area is 123 Å². The smallest absolute Gasteiger partial charge is 0.150 e. The molecule has 100 valence electrons. The van der Waals surface area contributed by atoms with Crippen LogP contribution in [-0.4, -0.2) is 4.98 Å². The van der Waals surface area contributed by atoms with Crippen LogP contribution in [0.2, 0.25) is 0 Å². The minimum Gasteiger partial charge on any atom is -0.455 e. The van der Waals surface area contributed by atoms with E-state index in [1.165, 1.54) is 6.07 Å². The fourth-order valence-corrected chi connectivity index (χ4v) is 2.18. The number of nitrogens with two attached hydrogens (primary N) is 1. The van der Waals surface area contributed by atoms with Crippen LogP contribution in [0.1, 0.15) is 0 Å². The second kappa shape index (κ2) is 5.09. The first-order valence-electron chi connectivity index (χ1n) is 5.90. The molecule has 0 aliphatic carbocycles. The van der Waals surface area contributed by atoms with Crippen molar-refractivity contribution in [2.24, 2.45) is 0 Å². The van der Waals surface area contributed by atoms with Crippen LogP contribution < -0.4 is 10.5 Å². The zero-order valence-electron chi connectivity index (χ0n) is 10.3. The van der Waals surface area contributed by atoms with E-state index in [0.29, 0.717) is 21.7 Å². The molecule has 1 heterocycles. The Morgan fingerprint density at radius 2 is 2.00 bits per heavy atom. The highest BCUT2D eigenvalue weighted by atomic mass is 79.9. The molecule has 0 unspecified atom stereocenters. The standard InChI is InChI=1S/C15H10BrFN2O/c16-12-3-2-10(7-13(12)17)20-14-4-1-9-8-19-6-5-11(9)15(14)18/h1-8H,18H2. The molecule has 3 nitrogen and oxygen atoms in total. The van der Waals surface area contributed by atoms with Crippen LogP contribution in [0.15, 0.2) is 53.3 Å². The van der Waals surface area contributed by atoms with Gasteiger partial charge in [-0.3, -0.25) is 4.98 Å². The second-order valence-electron chi connectivity index (χ2n) is 4.25. The molecule has 0 atom stereocenters. The molecule has 5 heteroatoms. The molecule has 20 heavy (non-hydrogen) atoms. The van der Waals surface area contributed by atoms with E-state index >= 15 is 0 Å². The van der Waals surface area contributed by atoms with Crippen molar-refractivity contribution in [3.8, 4) is 11.5 Å². The summed E-state index contributed by atoms with van der Waals surface area (Å²) >= 11 is 3.10. The third kappa shape index (κ3) is 2.32. The topological polar surface area (TPSA) is 48.1 Å². The Hall–Kier alpha value is -2.14. The predicted octanol–water partition coefficient (Wildman–Crippen LogP) is 4.51. The van der Waals surface area contributed by atoms with Crippen molar-refractivity contribution >= 4 is 32.4 Å². The van der Waals surface area contributed by atoms with E-state index in [0.717, 1.165) is 10.8 Å². The molecule has 2 N–H and O–H groups in total. The summed E-state index contributed by atoms with van der Waals surface area (Å²) in [7, 11) is 0. The number of halogens is 2. The summed E-state index contributed by atoms with van der Waals surface area (Å²) in [5.74, 6) is 0.502. The molecule has 0 amide bonds. The van der Waals surface area contributed by atoms with Gasteiger partial charge >= 0.3 is 0 Å². The highest BCUT2D eigenvalue weighted by Crippen LogP contribution is 2.34. The van der Waals surface area contributed by atoms with Gasteiger partial charge in [0.25, 0.3) is 0 Å². The van der Waals surface area contributed by atoms with Crippen molar-refractivity contribution in [3.63, 3.8) is 0 Å². The number of aromatic nitrogens is 1. The van der Waals surface area contributed by atoms with Crippen molar-refractivity contribution in [2.75, 3.05) is 5.73 Å². The first kappa shape index (κ1) is 12.9. The maximum Gasteiger partial charge on any atom is 0.150 e. The van der Waals surface area contributed by atoms with Crippen LogP contribution in [0.3, 0.4) is 0 Å². The highest BCUT2D eigenvalue weighted by Gasteiger charge is 2.08. The van der Waals surface area contributed by atoms with Crippen LogP contribution >= 0.6 is 15.9 Å². The highest BCUT2D eigenvalue weighted by molar-refractivity contribution is 9.10. The number of pyridine rings is 1. The van der Waals surface area contributed by atoms with Gasteiger partial charge < -0.3 is 10.5 Å². The number of anilines is 1. The lowest BCUT2D eigenvalue weighted by Gasteiger charge is -2.11. The molecular formula is C15H10BrFN2O. The third-order valence-electron chi connectivity index (χ3n) is 2.94. The van der Waals surface area contributed by atoms with E-state index in [1.807, 2.05) is 12.1 Å². The predicted molar refractivity (Wildman–Crippen MR) is 80.3 cm³/mol. The largest absolute Gasteiger partial charge is 0.455 e. The number of ether oxygens (including phenoxy) is 1. The summed E-state index contributed by atoms with van der Waals surface area (Å²) in [6.07, 6.45) is 3.40. The van der Waals surface area contributed by atoms with E-state index in [9.17, 15) is 4.39 Å². The number of rotatable bonds is 2. The Kier molecular flexibility index (Phi) is 3.28. The van der Waals surface area contributed by atoms with Gasteiger partial charge in [0.15, 0.2) is 5.75 Å². The van der Waals surface area contributed by atoms with Gasteiger partial charge in [0, 0.05) is 29.2 Å². The minimum absolute atomic E-state index is 0.383. The molecule has 0 spiro atoms. The number of nitrogens with zero attached hydrogens (tertiary/aromatic N) is 1. The fraction of sp³-hybridized carbons (Fsp3) is 0. The van der Waals surface area contributed by atoms with E-state index < -0.39 is 0 Å². The van der Waals surface area contributed by atoms with Gasteiger partial charge in [0.1, 0.15) is 11.6 Å². The summed E-state index contributed by atoms with van der Waals surface area (Å²) < 4.78 is 19.5. The van der Waals surface area contributed by atoms with Gasteiger partial charge in [0.05, 0.1) is 10.2 Å². The Morgan fingerprint density at radius 1 is 1.15 bits per heavy atom. The number of benzene rings is 2. The average molecular weight is 333 g/mol. The molecule has 0 saturated heterocycles. The molecule has 3 rings (SSSR count). The van der Waals surface area contributed by atoms with Crippen LogP contribution in [0.25, 0.3) is 10.8 Å². The fourth-order valence-electron chi connectivity index (χ4n) is 1.93. The lowest BCUT2D eigenvalue weighted by Crippen LogP contribution is -1.94. The van der Waals surface area contributed by atoms with Crippen molar-refractivity contribution in [3.05, 3.63) is 59.1 Å². The number of fused-ring (bicyclic) bond motifs is 1. The summed E-state index contributed by atoms with van der Waals surface area (Å²) in [5.41, 5.74) is 6.59. The Morgan fingerprint density at radius 3 is 2.80 bits per heavy atom. The first-order valence-corrected chi connectivity index (χ1v) is 6.69. The molecule has 3 aromatic rings. The molecule has 1 aromatic heterocycles. The minimum atomic E-state index is -0.383. The number of hydrogen-bond acceptors (Lipinski definition) is 3. The van der Waals surface area contributed by atoms with Crippen molar-refractivity contribution in [1.82, 2.24) is 4.98 Å².